The van der Waals surface area contributed by atoms with Crippen LogP contribution < -0.4 is 5.73 Å². The molecule has 0 radical (unpaired) electrons. The van der Waals surface area contributed by atoms with Crippen molar-refractivity contribution in [3.05, 3.63) is 41.2 Å². The normalized spacial score (nSPS) is 20.4. The van der Waals surface area contributed by atoms with E-state index in [-0.39, 0.29) is 23.7 Å². The van der Waals surface area contributed by atoms with Gasteiger partial charge in [0.2, 0.25) is 5.91 Å². The van der Waals surface area contributed by atoms with Crippen LogP contribution in [0.25, 0.3) is 11.4 Å². The average Bonchev–Trinajstić information content (AvgIpc) is 3.10. The van der Waals surface area contributed by atoms with E-state index in [1.807, 2.05) is 45.0 Å². The third-order valence-electron chi connectivity index (χ3n) is 4.64. The van der Waals surface area contributed by atoms with Crippen molar-refractivity contribution in [3.8, 4) is 11.4 Å². The fourth-order valence-electron chi connectivity index (χ4n) is 3.25. The molecule has 6 heteroatoms. The van der Waals surface area contributed by atoms with Crippen LogP contribution in [0, 0.1) is 25.7 Å². The number of aromatic nitrogens is 2. The number of hydrogen-bond donors (Lipinski definition) is 2. The lowest BCUT2D eigenvalue weighted by atomic mass is 9.98. The zero-order valence-corrected chi connectivity index (χ0v) is 14.2. The first kappa shape index (κ1) is 16.2. The molecule has 3 N–H and O–H groups in total. The first-order valence-electron chi connectivity index (χ1n) is 8.09. The largest absolute Gasteiger partial charge is 0.369 e. The number of amides is 2. The summed E-state index contributed by atoms with van der Waals surface area (Å²) in [4.78, 5) is 33.6. The summed E-state index contributed by atoms with van der Waals surface area (Å²) in [5.41, 5.74) is 8.63. The molecule has 126 valence electrons. The smallest absolute Gasteiger partial charge is 0.274 e. The standard InChI is InChI=1S/C18H22N4O2/c1-10-5-4-6-13(7-10)17-20-12(3)15(21-17)18(24)22-8-11(2)14(9-22)16(19)23/h4-7,11,14H,8-9H2,1-3H3,(H2,19,23)(H,20,21)/t11-,14-/m1/s1. The maximum atomic E-state index is 12.8. The van der Waals surface area contributed by atoms with E-state index < -0.39 is 0 Å². The molecule has 0 spiro atoms. The fourth-order valence-corrected chi connectivity index (χ4v) is 3.25. The van der Waals surface area contributed by atoms with Gasteiger partial charge in [-0.15, -0.1) is 0 Å². The number of aryl methyl sites for hydroxylation is 2. The zero-order chi connectivity index (χ0) is 17.4. The average molecular weight is 326 g/mol. The molecule has 3 rings (SSSR count). The maximum Gasteiger partial charge on any atom is 0.274 e. The molecular formula is C18H22N4O2. The number of imidazole rings is 1. The molecule has 0 bridgehead atoms. The van der Waals surface area contributed by atoms with Gasteiger partial charge in [0.1, 0.15) is 11.5 Å². The second kappa shape index (κ2) is 6.11. The van der Waals surface area contributed by atoms with Crippen LogP contribution in [0.1, 0.15) is 28.7 Å². The van der Waals surface area contributed by atoms with Crippen LogP contribution >= 0.6 is 0 Å². The van der Waals surface area contributed by atoms with E-state index in [9.17, 15) is 9.59 Å². The molecule has 1 aliphatic rings. The third kappa shape index (κ3) is 2.91. The van der Waals surface area contributed by atoms with E-state index in [0.717, 1.165) is 16.8 Å². The molecule has 2 atom stereocenters. The van der Waals surface area contributed by atoms with Gasteiger partial charge in [-0.2, -0.15) is 0 Å². The number of carbonyl (C=O) groups excluding carboxylic acids is 2. The Bertz CT molecular complexity index is 796. The molecule has 2 amide bonds. The number of aromatic amines is 1. The minimum atomic E-state index is -0.350. The van der Waals surface area contributed by atoms with Gasteiger partial charge >= 0.3 is 0 Å². The van der Waals surface area contributed by atoms with Crippen LogP contribution in [-0.4, -0.2) is 39.8 Å². The summed E-state index contributed by atoms with van der Waals surface area (Å²) < 4.78 is 0. The highest BCUT2D eigenvalue weighted by Crippen LogP contribution is 2.26. The van der Waals surface area contributed by atoms with Gasteiger partial charge in [-0.25, -0.2) is 4.98 Å². The quantitative estimate of drug-likeness (QED) is 0.902. The predicted molar refractivity (Wildman–Crippen MR) is 91.2 cm³/mol. The van der Waals surface area contributed by atoms with Gasteiger partial charge in [-0.3, -0.25) is 9.59 Å². The minimum Gasteiger partial charge on any atom is -0.369 e. The first-order valence-corrected chi connectivity index (χ1v) is 8.09. The highest BCUT2D eigenvalue weighted by Gasteiger charge is 2.37. The van der Waals surface area contributed by atoms with Crippen molar-refractivity contribution in [1.29, 1.82) is 0 Å². The lowest BCUT2D eigenvalue weighted by molar-refractivity contribution is -0.122. The van der Waals surface area contributed by atoms with Gasteiger partial charge in [0, 0.05) is 24.3 Å². The fraction of sp³-hybridized carbons (Fsp3) is 0.389. The lowest BCUT2D eigenvalue weighted by Gasteiger charge is -2.14. The van der Waals surface area contributed by atoms with Gasteiger partial charge in [0.25, 0.3) is 5.91 Å². The summed E-state index contributed by atoms with van der Waals surface area (Å²) in [5, 5.41) is 0. The monoisotopic (exact) mass is 326 g/mol. The third-order valence-corrected chi connectivity index (χ3v) is 4.64. The van der Waals surface area contributed by atoms with Crippen LogP contribution in [0.3, 0.4) is 0 Å². The summed E-state index contributed by atoms with van der Waals surface area (Å²) in [5.74, 6) is -0.0418. The summed E-state index contributed by atoms with van der Waals surface area (Å²) in [7, 11) is 0. The Morgan fingerprint density at radius 1 is 1.29 bits per heavy atom. The van der Waals surface area contributed by atoms with Crippen molar-refractivity contribution >= 4 is 11.8 Å². The van der Waals surface area contributed by atoms with Crippen molar-refractivity contribution in [3.63, 3.8) is 0 Å². The molecule has 1 aromatic carbocycles. The number of nitrogens with zero attached hydrogens (tertiary/aromatic N) is 2. The van der Waals surface area contributed by atoms with Crippen LogP contribution in [0.15, 0.2) is 24.3 Å². The van der Waals surface area contributed by atoms with Crippen molar-refractivity contribution in [2.24, 2.45) is 17.6 Å². The number of primary amides is 1. The SMILES string of the molecule is Cc1cccc(-c2nc(C(=O)N3C[C@@H](C)[C@H](C(N)=O)C3)c(C)[nH]2)c1. The van der Waals surface area contributed by atoms with Gasteiger partial charge in [0.05, 0.1) is 5.92 Å². The highest BCUT2D eigenvalue weighted by molar-refractivity contribution is 5.95. The predicted octanol–water partition coefficient (Wildman–Crippen LogP) is 1.89. The van der Waals surface area contributed by atoms with E-state index in [1.54, 1.807) is 4.90 Å². The van der Waals surface area contributed by atoms with Gasteiger partial charge < -0.3 is 15.6 Å². The van der Waals surface area contributed by atoms with Crippen LogP contribution in [0.5, 0.6) is 0 Å². The number of nitrogens with two attached hydrogens (primary N) is 1. The van der Waals surface area contributed by atoms with E-state index in [0.29, 0.717) is 24.6 Å². The molecule has 1 aromatic heterocycles. The maximum absolute atomic E-state index is 12.8. The number of likely N-dealkylation sites (tertiary alicyclic amines) is 1. The first-order chi connectivity index (χ1) is 11.4. The number of H-pyrrole nitrogens is 1. The highest BCUT2D eigenvalue weighted by atomic mass is 16.2. The topological polar surface area (TPSA) is 92.1 Å². The Balaban J connectivity index is 1.85. The van der Waals surface area contributed by atoms with Gasteiger partial charge in [-0.05, 0) is 25.8 Å². The Morgan fingerprint density at radius 3 is 2.67 bits per heavy atom. The van der Waals surface area contributed by atoms with Crippen molar-refractivity contribution in [2.45, 2.75) is 20.8 Å². The molecule has 0 unspecified atom stereocenters. The van der Waals surface area contributed by atoms with Crippen LogP contribution in [0.4, 0.5) is 0 Å². The molecular weight excluding hydrogens is 304 g/mol. The Morgan fingerprint density at radius 2 is 2.04 bits per heavy atom. The molecule has 2 aromatic rings. The number of benzene rings is 1. The van der Waals surface area contributed by atoms with E-state index in [2.05, 4.69) is 9.97 Å². The summed E-state index contributed by atoms with van der Waals surface area (Å²) in [6.07, 6.45) is 0. The van der Waals surface area contributed by atoms with E-state index >= 15 is 0 Å². The van der Waals surface area contributed by atoms with Crippen molar-refractivity contribution < 1.29 is 9.59 Å². The molecule has 6 nitrogen and oxygen atoms in total. The molecule has 1 fully saturated rings. The summed E-state index contributed by atoms with van der Waals surface area (Å²) in [6, 6.07) is 7.96. The van der Waals surface area contributed by atoms with Crippen molar-refractivity contribution in [1.82, 2.24) is 14.9 Å². The second-order valence-electron chi connectivity index (χ2n) is 6.62. The Labute approximate surface area is 141 Å². The Kier molecular flexibility index (Phi) is 4.13. The second-order valence-corrected chi connectivity index (χ2v) is 6.62. The van der Waals surface area contributed by atoms with Gasteiger partial charge in [0.15, 0.2) is 0 Å². The number of carbonyl (C=O) groups is 2. The lowest BCUT2D eigenvalue weighted by Crippen LogP contribution is -2.32. The van der Waals surface area contributed by atoms with Crippen molar-refractivity contribution in [2.75, 3.05) is 13.1 Å². The molecule has 1 saturated heterocycles. The Hall–Kier alpha value is -2.63. The number of nitrogens with one attached hydrogen (secondary N) is 1. The van der Waals surface area contributed by atoms with E-state index in [4.69, 9.17) is 5.73 Å². The van der Waals surface area contributed by atoms with Crippen LogP contribution in [0.2, 0.25) is 0 Å². The summed E-state index contributed by atoms with van der Waals surface area (Å²) in [6.45, 7) is 6.68. The molecule has 1 aliphatic heterocycles. The summed E-state index contributed by atoms with van der Waals surface area (Å²) >= 11 is 0. The zero-order valence-electron chi connectivity index (χ0n) is 14.2. The van der Waals surface area contributed by atoms with Gasteiger partial charge in [-0.1, -0.05) is 30.7 Å². The molecule has 24 heavy (non-hydrogen) atoms. The number of hydrogen-bond acceptors (Lipinski definition) is 3. The molecule has 0 aliphatic carbocycles. The van der Waals surface area contributed by atoms with E-state index in [1.165, 1.54) is 0 Å². The minimum absolute atomic E-state index is 0.0712. The molecule has 2 heterocycles. The molecule has 0 saturated carbocycles. The van der Waals surface area contributed by atoms with Crippen LogP contribution in [-0.2, 0) is 4.79 Å². The number of rotatable bonds is 3.